The molecular weight excluding hydrogens is 202 g/mol. The fourth-order valence-electron chi connectivity index (χ4n) is 2.65. The lowest BCUT2D eigenvalue weighted by Gasteiger charge is -2.33. The molecule has 1 aliphatic rings. The Hall–Kier alpha value is 0.310. The van der Waals surface area contributed by atoms with E-state index in [1.165, 1.54) is 64.5 Å². The highest BCUT2D eigenvalue weighted by Crippen LogP contribution is 2.22. The second-order valence-electron chi connectivity index (χ2n) is 4.70. The maximum atomic E-state index is 4.26. The van der Waals surface area contributed by atoms with Crippen molar-refractivity contribution >= 4 is 12.6 Å². The van der Waals surface area contributed by atoms with Gasteiger partial charge in [-0.3, -0.25) is 0 Å². The maximum Gasteiger partial charge on any atom is 0.00951 e. The van der Waals surface area contributed by atoms with E-state index < -0.39 is 0 Å². The lowest BCUT2D eigenvalue weighted by atomic mass is 9.94. The Kier molecular flexibility index (Phi) is 7.54. The zero-order valence-corrected chi connectivity index (χ0v) is 11.1. The summed E-state index contributed by atoms with van der Waals surface area (Å²) in [6.07, 6.45) is 11.3. The van der Waals surface area contributed by atoms with E-state index in [-0.39, 0.29) is 0 Å². The molecule has 0 N–H and O–H groups in total. The highest BCUT2D eigenvalue weighted by Gasteiger charge is 2.18. The predicted octanol–water partition coefficient (Wildman–Crippen LogP) is 3.74. The van der Waals surface area contributed by atoms with Crippen molar-refractivity contribution in [2.45, 2.75) is 64.3 Å². The van der Waals surface area contributed by atoms with E-state index in [0.29, 0.717) is 0 Å². The van der Waals surface area contributed by atoms with Crippen molar-refractivity contribution in [2.24, 2.45) is 0 Å². The molecule has 1 nitrogen and oxygen atoms in total. The van der Waals surface area contributed by atoms with Crippen molar-refractivity contribution in [3.63, 3.8) is 0 Å². The zero-order valence-electron chi connectivity index (χ0n) is 10.2. The second kappa shape index (κ2) is 8.46. The lowest BCUT2D eigenvalue weighted by Crippen LogP contribution is -2.37. The van der Waals surface area contributed by atoms with Crippen LogP contribution in [0.5, 0.6) is 0 Å². The van der Waals surface area contributed by atoms with Crippen molar-refractivity contribution in [3.8, 4) is 0 Å². The number of rotatable bonds is 7. The molecular formula is C13H27NS. The number of thiol groups is 1. The van der Waals surface area contributed by atoms with E-state index in [0.717, 1.165) is 11.8 Å². The standard InChI is InChI=1S/C13H27NS/c1-2-14(11-7-4-8-12-15)13-9-5-3-6-10-13/h13,15H,2-12H2,1H3. The van der Waals surface area contributed by atoms with Gasteiger partial charge in [0.2, 0.25) is 0 Å². The van der Waals surface area contributed by atoms with Crippen LogP contribution in [-0.2, 0) is 0 Å². The summed E-state index contributed by atoms with van der Waals surface area (Å²) < 4.78 is 0. The van der Waals surface area contributed by atoms with Crippen LogP contribution in [0.2, 0.25) is 0 Å². The van der Waals surface area contributed by atoms with E-state index in [4.69, 9.17) is 0 Å². The third kappa shape index (κ3) is 5.26. The largest absolute Gasteiger partial charge is 0.301 e. The normalized spacial score (nSPS) is 18.6. The number of hydrogen-bond donors (Lipinski definition) is 1. The fourth-order valence-corrected chi connectivity index (χ4v) is 2.87. The first-order valence-corrected chi connectivity index (χ1v) is 7.36. The predicted molar refractivity (Wildman–Crippen MR) is 71.8 cm³/mol. The summed E-state index contributed by atoms with van der Waals surface area (Å²) >= 11 is 4.26. The van der Waals surface area contributed by atoms with Gasteiger partial charge in [-0.1, -0.05) is 32.6 Å². The molecule has 0 unspecified atom stereocenters. The molecule has 1 fully saturated rings. The maximum absolute atomic E-state index is 4.26. The van der Waals surface area contributed by atoms with Crippen molar-refractivity contribution in [3.05, 3.63) is 0 Å². The van der Waals surface area contributed by atoms with Crippen LogP contribution >= 0.6 is 12.6 Å². The van der Waals surface area contributed by atoms with Crippen LogP contribution in [0.4, 0.5) is 0 Å². The smallest absolute Gasteiger partial charge is 0.00951 e. The molecule has 0 saturated heterocycles. The first-order valence-electron chi connectivity index (χ1n) is 6.73. The molecule has 0 bridgehead atoms. The molecule has 1 saturated carbocycles. The van der Waals surface area contributed by atoms with E-state index in [1.807, 2.05) is 0 Å². The highest BCUT2D eigenvalue weighted by molar-refractivity contribution is 7.80. The van der Waals surface area contributed by atoms with Gasteiger partial charge in [0.05, 0.1) is 0 Å². The van der Waals surface area contributed by atoms with Crippen molar-refractivity contribution < 1.29 is 0 Å². The molecule has 0 aromatic rings. The minimum atomic E-state index is 0.903. The van der Waals surface area contributed by atoms with E-state index >= 15 is 0 Å². The molecule has 90 valence electrons. The Labute approximate surface area is 101 Å². The molecule has 0 aromatic heterocycles. The number of nitrogens with zero attached hydrogens (tertiary/aromatic N) is 1. The van der Waals surface area contributed by atoms with Crippen LogP contribution in [0.15, 0.2) is 0 Å². The van der Waals surface area contributed by atoms with Crippen molar-refractivity contribution in [2.75, 3.05) is 18.8 Å². The van der Waals surface area contributed by atoms with Crippen LogP contribution in [0.25, 0.3) is 0 Å². The molecule has 0 amide bonds. The van der Waals surface area contributed by atoms with E-state index in [1.54, 1.807) is 0 Å². The van der Waals surface area contributed by atoms with Crippen LogP contribution in [0.1, 0.15) is 58.3 Å². The topological polar surface area (TPSA) is 3.24 Å². The van der Waals surface area contributed by atoms with Gasteiger partial charge in [-0.05, 0) is 44.5 Å². The van der Waals surface area contributed by atoms with Gasteiger partial charge in [0, 0.05) is 6.04 Å². The van der Waals surface area contributed by atoms with Gasteiger partial charge in [-0.2, -0.15) is 12.6 Å². The molecule has 15 heavy (non-hydrogen) atoms. The third-order valence-electron chi connectivity index (χ3n) is 3.60. The number of hydrogen-bond acceptors (Lipinski definition) is 2. The Morgan fingerprint density at radius 3 is 2.40 bits per heavy atom. The van der Waals surface area contributed by atoms with Gasteiger partial charge < -0.3 is 4.90 Å². The summed E-state index contributed by atoms with van der Waals surface area (Å²) in [6.45, 7) is 4.87. The first-order chi connectivity index (χ1) is 7.38. The van der Waals surface area contributed by atoms with Gasteiger partial charge in [-0.25, -0.2) is 0 Å². The molecule has 0 heterocycles. The summed E-state index contributed by atoms with van der Waals surface area (Å²) in [7, 11) is 0. The van der Waals surface area contributed by atoms with Crippen molar-refractivity contribution in [1.82, 2.24) is 4.90 Å². The van der Waals surface area contributed by atoms with Gasteiger partial charge in [0.25, 0.3) is 0 Å². The van der Waals surface area contributed by atoms with Gasteiger partial charge in [-0.15, -0.1) is 0 Å². The SMILES string of the molecule is CCN(CCCCCS)C1CCCCC1. The third-order valence-corrected chi connectivity index (χ3v) is 3.92. The molecule has 0 aliphatic heterocycles. The van der Waals surface area contributed by atoms with Crippen molar-refractivity contribution in [1.29, 1.82) is 0 Å². The van der Waals surface area contributed by atoms with Crippen LogP contribution in [-0.4, -0.2) is 29.8 Å². The molecule has 1 aliphatic carbocycles. The second-order valence-corrected chi connectivity index (χ2v) is 5.15. The van der Waals surface area contributed by atoms with Crippen LogP contribution in [0.3, 0.4) is 0 Å². The van der Waals surface area contributed by atoms with Gasteiger partial charge in [0.1, 0.15) is 0 Å². The minimum Gasteiger partial charge on any atom is -0.301 e. The fraction of sp³-hybridized carbons (Fsp3) is 1.00. The zero-order chi connectivity index (χ0) is 10.9. The average molecular weight is 229 g/mol. The van der Waals surface area contributed by atoms with E-state index in [9.17, 15) is 0 Å². The Morgan fingerprint density at radius 2 is 1.80 bits per heavy atom. The quantitative estimate of drug-likeness (QED) is 0.514. The lowest BCUT2D eigenvalue weighted by molar-refractivity contribution is 0.161. The minimum absolute atomic E-state index is 0.903. The highest BCUT2D eigenvalue weighted by atomic mass is 32.1. The van der Waals surface area contributed by atoms with Crippen LogP contribution in [0, 0.1) is 0 Å². The Bertz CT molecular complexity index is 143. The van der Waals surface area contributed by atoms with Gasteiger partial charge in [0.15, 0.2) is 0 Å². The summed E-state index contributed by atoms with van der Waals surface area (Å²) in [5.41, 5.74) is 0. The molecule has 1 rings (SSSR count). The summed E-state index contributed by atoms with van der Waals surface area (Å²) in [4.78, 5) is 2.71. The van der Waals surface area contributed by atoms with Gasteiger partial charge >= 0.3 is 0 Å². The average Bonchev–Trinajstić information content (AvgIpc) is 2.30. The van der Waals surface area contributed by atoms with Crippen LogP contribution < -0.4 is 0 Å². The number of unbranched alkanes of at least 4 members (excludes halogenated alkanes) is 2. The first kappa shape index (κ1) is 13.4. The molecule has 0 radical (unpaired) electrons. The molecule has 0 spiro atoms. The summed E-state index contributed by atoms with van der Waals surface area (Å²) in [5, 5.41) is 0. The summed E-state index contributed by atoms with van der Waals surface area (Å²) in [6, 6.07) is 0.903. The molecule has 0 atom stereocenters. The Morgan fingerprint density at radius 1 is 1.07 bits per heavy atom. The Balaban J connectivity index is 2.15. The van der Waals surface area contributed by atoms with E-state index in [2.05, 4.69) is 24.5 Å². The summed E-state index contributed by atoms with van der Waals surface area (Å²) in [5.74, 6) is 1.05. The molecule has 0 aromatic carbocycles. The molecule has 2 heteroatoms. The monoisotopic (exact) mass is 229 g/mol.